The molecule has 2 aromatic carbocycles. The quantitative estimate of drug-likeness (QED) is 0.464. The van der Waals surface area contributed by atoms with Crippen molar-refractivity contribution in [2.75, 3.05) is 41.1 Å². The number of methoxy groups -OCH3 is 3. The van der Waals surface area contributed by atoms with Crippen molar-refractivity contribution in [1.82, 2.24) is 5.32 Å². The predicted molar refractivity (Wildman–Crippen MR) is 106 cm³/mol. The average Bonchev–Trinajstić information content (AvgIpc) is 2.74. The first-order valence-corrected chi connectivity index (χ1v) is 8.99. The van der Waals surface area contributed by atoms with E-state index in [2.05, 4.69) is 5.32 Å². The van der Waals surface area contributed by atoms with Crippen LogP contribution in [-0.2, 0) is 9.53 Å². The molecule has 0 aliphatic heterocycles. The molecule has 0 saturated heterocycles. The summed E-state index contributed by atoms with van der Waals surface area (Å²) >= 11 is 5.96. The third-order valence-electron chi connectivity index (χ3n) is 3.76. The third-order valence-corrected chi connectivity index (χ3v) is 4.07. The highest BCUT2D eigenvalue weighted by Gasteiger charge is 2.17. The molecule has 1 N–H and O–H groups in total. The molecule has 0 spiro atoms. The third kappa shape index (κ3) is 6.18. The number of carbonyl (C=O) groups is 2. The van der Waals surface area contributed by atoms with Gasteiger partial charge in [0.05, 0.1) is 26.4 Å². The van der Waals surface area contributed by atoms with Gasteiger partial charge in [-0.25, -0.2) is 0 Å². The van der Waals surface area contributed by atoms with E-state index in [-0.39, 0.29) is 25.3 Å². The van der Waals surface area contributed by atoms with Crippen LogP contribution in [-0.4, -0.2) is 53.0 Å². The lowest BCUT2D eigenvalue weighted by molar-refractivity contribution is -0.143. The highest BCUT2D eigenvalue weighted by atomic mass is 35.5. The number of halogens is 1. The van der Waals surface area contributed by atoms with Crippen molar-refractivity contribution in [3.05, 3.63) is 47.0 Å². The van der Waals surface area contributed by atoms with E-state index in [0.29, 0.717) is 28.0 Å². The minimum atomic E-state index is -0.603. The number of carbonyl (C=O) groups excluding carboxylic acids is 2. The van der Waals surface area contributed by atoms with Gasteiger partial charge in [-0.1, -0.05) is 23.7 Å². The van der Waals surface area contributed by atoms with E-state index in [1.807, 2.05) is 0 Å². The van der Waals surface area contributed by atoms with Crippen molar-refractivity contribution in [2.45, 2.75) is 0 Å². The van der Waals surface area contributed by atoms with Crippen LogP contribution >= 0.6 is 11.6 Å². The molecule has 0 heterocycles. The molecule has 8 nitrogen and oxygen atoms in total. The maximum absolute atomic E-state index is 12.3. The zero-order valence-corrected chi connectivity index (χ0v) is 17.1. The van der Waals surface area contributed by atoms with Crippen molar-refractivity contribution >= 4 is 23.5 Å². The fraction of sp³-hybridized carbons (Fsp3) is 0.300. The van der Waals surface area contributed by atoms with Crippen molar-refractivity contribution < 1.29 is 33.3 Å². The fourth-order valence-electron chi connectivity index (χ4n) is 2.39. The van der Waals surface area contributed by atoms with Crippen LogP contribution in [0.3, 0.4) is 0 Å². The maximum Gasteiger partial charge on any atom is 0.325 e. The van der Waals surface area contributed by atoms with Gasteiger partial charge in [-0.05, 0) is 24.3 Å². The fourth-order valence-corrected chi connectivity index (χ4v) is 2.58. The van der Waals surface area contributed by atoms with Crippen LogP contribution in [0.2, 0.25) is 5.02 Å². The minimum Gasteiger partial charge on any atom is -0.493 e. The molecular formula is C20H22ClNO7. The van der Waals surface area contributed by atoms with Crippen LogP contribution in [0.5, 0.6) is 23.0 Å². The van der Waals surface area contributed by atoms with Gasteiger partial charge in [0.1, 0.15) is 25.5 Å². The molecule has 29 heavy (non-hydrogen) atoms. The van der Waals surface area contributed by atoms with Gasteiger partial charge in [0.2, 0.25) is 5.75 Å². The summed E-state index contributed by atoms with van der Waals surface area (Å²) in [6, 6.07) is 9.94. The number of amides is 1. The van der Waals surface area contributed by atoms with Gasteiger partial charge < -0.3 is 29.0 Å². The molecule has 0 unspecified atom stereocenters. The van der Waals surface area contributed by atoms with E-state index in [1.54, 1.807) is 24.3 Å². The number of benzene rings is 2. The average molecular weight is 424 g/mol. The van der Waals surface area contributed by atoms with E-state index in [9.17, 15) is 9.59 Å². The Morgan fingerprint density at radius 1 is 0.931 bits per heavy atom. The van der Waals surface area contributed by atoms with Crippen LogP contribution in [0.4, 0.5) is 0 Å². The van der Waals surface area contributed by atoms with Crippen LogP contribution < -0.4 is 24.3 Å². The van der Waals surface area contributed by atoms with Crippen molar-refractivity contribution in [3.63, 3.8) is 0 Å². The summed E-state index contributed by atoms with van der Waals surface area (Å²) in [5, 5.41) is 2.95. The molecule has 156 valence electrons. The molecule has 2 rings (SSSR count). The molecular weight excluding hydrogens is 402 g/mol. The molecule has 0 saturated carbocycles. The van der Waals surface area contributed by atoms with E-state index >= 15 is 0 Å². The van der Waals surface area contributed by atoms with Crippen LogP contribution in [0.1, 0.15) is 10.4 Å². The largest absolute Gasteiger partial charge is 0.493 e. The number of ether oxygens (including phenoxy) is 5. The van der Waals surface area contributed by atoms with Gasteiger partial charge in [-0.15, -0.1) is 0 Å². The molecule has 0 aliphatic carbocycles. The highest BCUT2D eigenvalue weighted by molar-refractivity contribution is 6.32. The van der Waals surface area contributed by atoms with E-state index in [0.717, 1.165) is 0 Å². The number of esters is 1. The number of nitrogens with one attached hydrogen (secondary N) is 1. The van der Waals surface area contributed by atoms with Gasteiger partial charge in [-0.2, -0.15) is 0 Å². The number of para-hydroxylation sites is 1. The summed E-state index contributed by atoms with van der Waals surface area (Å²) in [7, 11) is 4.35. The Bertz CT molecular complexity index is 831. The summed E-state index contributed by atoms with van der Waals surface area (Å²) in [6.07, 6.45) is 0. The smallest absolute Gasteiger partial charge is 0.325 e. The summed E-state index contributed by atoms with van der Waals surface area (Å²) in [5.74, 6) is 0.431. The van der Waals surface area contributed by atoms with E-state index in [4.69, 9.17) is 35.3 Å². The lowest BCUT2D eigenvalue weighted by Crippen LogP contribution is -2.31. The highest BCUT2D eigenvalue weighted by Crippen LogP contribution is 2.38. The second-order valence-corrected chi connectivity index (χ2v) is 6.00. The summed E-state index contributed by atoms with van der Waals surface area (Å²) in [6.45, 7) is -0.151. The van der Waals surface area contributed by atoms with Crippen molar-refractivity contribution in [2.24, 2.45) is 0 Å². The molecule has 0 fully saturated rings. The Morgan fingerprint density at radius 3 is 2.17 bits per heavy atom. The zero-order chi connectivity index (χ0) is 21.2. The predicted octanol–water partition coefficient (Wildman–Crippen LogP) is 2.72. The zero-order valence-electron chi connectivity index (χ0n) is 16.3. The molecule has 0 radical (unpaired) electrons. The molecule has 1 amide bonds. The lowest BCUT2D eigenvalue weighted by atomic mass is 10.1. The van der Waals surface area contributed by atoms with Crippen LogP contribution in [0, 0.1) is 0 Å². The second kappa shape index (κ2) is 11.0. The second-order valence-electron chi connectivity index (χ2n) is 5.60. The first kappa shape index (κ1) is 22.2. The van der Waals surface area contributed by atoms with Crippen LogP contribution in [0.25, 0.3) is 0 Å². The summed E-state index contributed by atoms with van der Waals surface area (Å²) in [5.41, 5.74) is 0.245. The Labute approximate surface area is 173 Å². The number of hydrogen-bond acceptors (Lipinski definition) is 7. The Kier molecular flexibility index (Phi) is 8.42. The van der Waals surface area contributed by atoms with Gasteiger partial charge >= 0.3 is 5.97 Å². The molecule has 0 aliphatic rings. The molecule has 0 bridgehead atoms. The minimum absolute atomic E-state index is 0.0180. The first-order valence-electron chi connectivity index (χ1n) is 8.61. The number of hydrogen-bond donors (Lipinski definition) is 1. The standard InChI is InChI=1S/C20H22ClNO7/c1-25-16-10-13(11-17(26-2)19(16)27-3)20(24)22-12-18(23)29-9-8-28-15-7-5-4-6-14(15)21/h4-7,10-11H,8-9,12H2,1-3H3,(H,22,24). The monoisotopic (exact) mass is 423 g/mol. The molecule has 0 aromatic heterocycles. The van der Waals surface area contributed by atoms with E-state index < -0.39 is 11.9 Å². The number of rotatable bonds is 10. The van der Waals surface area contributed by atoms with Crippen molar-refractivity contribution in [1.29, 1.82) is 0 Å². The SMILES string of the molecule is COc1cc(C(=O)NCC(=O)OCCOc2ccccc2Cl)cc(OC)c1OC. The summed E-state index contributed by atoms with van der Waals surface area (Å²) in [4.78, 5) is 24.1. The Morgan fingerprint density at radius 2 is 1.59 bits per heavy atom. The molecule has 0 atom stereocenters. The van der Waals surface area contributed by atoms with Gasteiger partial charge in [0, 0.05) is 5.56 Å². The van der Waals surface area contributed by atoms with Crippen LogP contribution in [0.15, 0.2) is 36.4 Å². The first-order chi connectivity index (χ1) is 14.0. The van der Waals surface area contributed by atoms with Gasteiger partial charge in [0.15, 0.2) is 11.5 Å². The van der Waals surface area contributed by atoms with Gasteiger partial charge in [-0.3, -0.25) is 9.59 Å². The van der Waals surface area contributed by atoms with Gasteiger partial charge in [0.25, 0.3) is 5.91 Å². The summed E-state index contributed by atoms with van der Waals surface area (Å²) < 4.78 is 26.1. The van der Waals surface area contributed by atoms with Crippen molar-refractivity contribution in [3.8, 4) is 23.0 Å². The topological polar surface area (TPSA) is 92.3 Å². The maximum atomic E-state index is 12.3. The normalized spacial score (nSPS) is 10.1. The molecule has 2 aromatic rings. The van der Waals surface area contributed by atoms with E-state index in [1.165, 1.54) is 33.5 Å². The lowest BCUT2D eigenvalue weighted by Gasteiger charge is -2.14. The Balaban J connectivity index is 1.82. The molecule has 9 heteroatoms. The Hall–Kier alpha value is -3.13.